The lowest BCUT2D eigenvalue weighted by molar-refractivity contribution is 0.0948. The molecule has 0 fully saturated rings. The van der Waals surface area contributed by atoms with Crippen LogP contribution in [0.4, 0.5) is 0 Å². The Balaban J connectivity index is 1.85. The van der Waals surface area contributed by atoms with Crippen molar-refractivity contribution in [1.29, 1.82) is 0 Å². The van der Waals surface area contributed by atoms with Gasteiger partial charge in [-0.2, -0.15) is 0 Å². The first kappa shape index (κ1) is 20.6. The molecule has 2 aromatic rings. The summed E-state index contributed by atoms with van der Waals surface area (Å²) in [4.78, 5) is 16.6. The van der Waals surface area contributed by atoms with Crippen molar-refractivity contribution in [3.8, 4) is 0 Å². The van der Waals surface area contributed by atoms with E-state index in [0.29, 0.717) is 24.6 Å². The molecule has 1 aromatic heterocycles. The van der Waals surface area contributed by atoms with Crippen molar-refractivity contribution in [2.24, 2.45) is 10.9 Å². The number of carbonyl (C=O) groups is 1. The number of amides is 1. The Kier molecular flexibility index (Phi) is 8.42. The summed E-state index contributed by atoms with van der Waals surface area (Å²) in [6, 6.07) is 11.2. The van der Waals surface area contributed by atoms with Crippen LogP contribution in [-0.4, -0.2) is 25.5 Å². The predicted molar refractivity (Wildman–Crippen MR) is 109 cm³/mol. The second kappa shape index (κ2) is 11.1. The highest BCUT2D eigenvalue weighted by molar-refractivity contribution is 5.94. The average molecular weight is 370 g/mol. The van der Waals surface area contributed by atoms with Crippen LogP contribution >= 0.6 is 0 Å². The number of nitrogens with one attached hydrogen (secondary N) is 3. The van der Waals surface area contributed by atoms with E-state index in [0.717, 1.165) is 36.7 Å². The lowest BCUT2D eigenvalue weighted by atomic mass is 10.0. The first-order valence-corrected chi connectivity index (χ1v) is 9.50. The molecule has 3 N–H and O–H groups in total. The SMILES string of the molecule is CCC(CC)CNC(=NC)NCc1cccc(C(=O)NCc2ccco2)c1. The summed E-state index contributed by atoms with van der Waals surface area (Å²) in [6.45, 7) is 6.29. The number of furan rings is 1. The van der Waals surface area contributed by atoms with Crippen molar-refractivity contribution in [3.05, 3.63) is 59.5 Å². The highest BCUT2D eigenvalue weighted by Crippen LogP contribution is 2.07. The van der Waals surface area contributed by atoms with E-state index in [1.165, 1.54) is 0 Å². The van der Waals surface area contributed by atoms with E-state index in [1.54, 1.807) is 25.4 Å². The molecule has 0 aliphatic carbocycles. The van der Waals surface area contributed by atoms with Crippen molar-refractivity contribution >= 4 is 11.9 Å². The molecule has 0 radical (unpaired) electrons. The number of nitrogens with zero attached hydrogens (tertiary/aromatic N) is 1. The first-order valence-electron chi connectivity index (χ1n) is 9.50. The van der Waals surface area contributed by atoms with Gasteiger partial charge in [0, 0.05) is 25.7 Å². The van der Waals surface area contributed by atoms with E-state index in [2.05, 4.69) is 34.8 Å². The molecule has 1 heterocycles. The lowest BCUT2D eigenvalue weighted by Gasteiger charge is -2.17. The normalized spacial score (nSPS) is 11.5. The van der Waals surface area contributed by atoms with Crippen LogP contribution in [0.25, 0.3) is 0 Å². The molecule has 27 heavy (non-hydrogen) atoms. The van der Waals surface area contributed by atoms with Gasteiger partial charge >= 0.3 is 0 Å². The molecular formula is C21H30N4O2. The van der Waals surface area contributed by atoms with Gasteiger partial charge in [-0.1, -0.05) is 38.8 Å². The van der Waals surface area contributed by atoms with Crippen LogP contribution in [0.3, 0.4) is 0 Å². The Hall–Kier alpha value is -2.76. The minimum Gasteiger partial charge on any atom is -0.467 e. The van der Waals surface area contributed by atoms with Crippen LogP contribution in [0.2, 0.25) is 0 Å². The zero-order chi connectivity index (χ0) is 19.5. The molecule has 0 aliphatic heterocycles. The maximum Gasteiger partial charge on any atom is 0.251 e. The summed E-state index contributed by atoms with van der Waals surface area (Å²) >= 11 is 0. The highest BCUT2D eigenvalue weighted by Gasteiger charge is 2.08. The molecule has 2 rings (SSSR count). The second-order valence-corrected chi connectivity index (χ2v) is 6.45. The molecule has 0 unspecified atom stereocenters. The monoisotopic (exact) mass is 370 g/mol. The van der Waals surface area contributed by atoms with Crippen LogP contribution in [-0.2, 0) is 13.1 Å². The van der Waals surface area contributed by atoms with Crippen LogP contribution in [0.1, 0.15) is 48.4 Å². The summed E-state index contributed by atoms with van der Waals surface area (Å²) in [5.74, 6) is 2.03. The van der Waals surface area contributed by atoms with E-state index in [1.807, 2.05) is 24.3 Å². The quantitative estimate of drug-likeness (QED) is 0.467. The number of benzene rings is 1. The number of aliphatic imine (C=N–C) groups is 1. The molecule has 0 saturated carbocycles. The molecule has 0 aliphatic rings. The number of guanidine groups is 1. The molecule has 1 amide bonds. The van der Waals surface area contributed by atoms with Gasteiger partial charge in [-0.15, -0.1) is 0 Å². The van der Waals surface area contributed by atoms with Crippen LogP contribution < -0.4 is 16.0 Å². The summed E-state index contributed by atoms with van der Waals surface area (Å²) in [6.07, 6.45) is 3.89. The topological polar surface area (TPSA) is 78.7 Å². The number of rotatable bonds is 9. The number of hydrogen-bond donors (Lipinski definition) is 3. The van der Waals surface area contributed by atoms with Crippen LogP contribution in [0.5, 0.6) is 0 Å². The Bertz CT molecular complexity index is 722. The summed E-state index contributed by atoms with van der Waals surface area (Å²) < 4.78 is 5.23. The molecule has 146 valence electrons. The fraction of sp³-hybridized carbons (Fsp3) is 0.429. The van der Waals surface area contributed by atoms with Crippen molar-refractivity contribution in [1.82, 2.24) is 16.0 Å². The molecule has 0 saturated heterocycles. The number of carbonyl (C=O) groups excluding carboxylic acids is 1. The van der Waals surface area contributed by atoms with Gasteiger partial charge in [0.2, 0.25) is 0 Å². The Morgan fingerprint density at radius 2 is 1.89 bits per heavy atom. The van der Waals surface area contributed by atoms with Crippen molar-refractivity contribution < 1.29 is 9.21 Å². The third kappa shape index (κ3) is 6.81. The standard InChI is InChI=1S/C21H30N4O2/c1-4-16(5-2)13-24-21(22-3)25-14-17-8-6-9-18(12-17)20(26)23-15-19-10-7-11-27-19/h6-12,16H,4-5,13-15H2,1-3H3,(H,23,26)(H2,22,24,25). The first-order chi connectivity index (χ1) is 13.2. The lowest BCUT2D eigenvalue weighted by Crippen LogP contribution is -2.39. The molecule has 6 heteroatoms. The van der Waals surface area contributed by atoms with Gasteiger partial charge in [-0.05, 0) is 35.7 Å². The van der Waals surface area contributed by atoms with Gasteiger partial charge in [0.05, 0.1) is 12.8 Å². The fourth-order valence-electron chi connectivity index (χ4n) is 2.73. The second-order valence-electron chi connectivity index (χ2n) is 6.45. The summed E-state index contributed by atoms with van der Waals surface area (Å²) in [5.41, 5.74) is 1.65. The largest absolute Gasteiger partial charge is 0.467 e. The highest BCUT2D eigenvalue weighted by atomic mass is 16.3. The Morgan fingerprint density at radius 3 is 2.56 bits per heavy atom. The molecular weight excluding hydrogens is 340 g/mol. The van der Waals surface area contributed by atoms with E-state index < -0.39 is 0 Å². The summed E-state index contributed by atoms with van der Waals surface area (Å²) in [7, 11) is 1.76. The third-order valence-electron chi connectivity index (χ3n) is 4.59. The zero-order valence-corrected chi connectivity index (χ0v) is 16.4. The maximum atomic E-state index is 12.3. The van der Waals surface area contributed by atoms with Crippen molar-refractivity contribution in [2.75, 3.05) is 13.6 Å². The van der Waals surface area contributed by atoms with Gasteiger partial charge in [0.25, 0.3) is 5.91 Å². The molecule has 1 aromatic carbocycles. The Labute approximate surface area is 161 Å². The van der Waals surface area contributed by atoms with Gasteiger partial charge in [-0.3, -0.25) is 9.79 Å². The fourth-order valence-corrected chi connectivity index (χ4v) is 2.73. The average Bonchev–Trinajstić information content (AvgIpc) is 3.23. The van der Waals surface area contributed by atoms with E-state index >= 15 is 0 Å². The molecule has 6 nitrogen and oxygen atoms in total. The molecule has 0 bridgehead atoms. The van der Waals surface area contributed by atoms with Crippen molar-refractivity contribution in [3.63, 3.8) is 0 Å². The maximum absolute atomic E-state index is 12.3. The summed E-state index contributed by atoms with van der Waals surface area (Å²) in [5, 5.41) is 9.53. The van der Waals surface area contributed by atoms with Gasteiger partial charge in [-0.25, -0.2) is 0 Å². The van der Waals surface area contributed by atoms with Crippen LogP contribution in [0.15, 0.2) is 52.1 Å². The number of hydrogen-bond acceptors (Lipinski definition) is 3. The Morgan fingerprint density at radius 1 is 1.07 bits per heavy atom. The molecule has 0 spiro atoms. The minimum atomic E-state index is -0.121. The predicted octanol–water partition coefficient (Wildman–Crippen LogP) is 3.31. The van der Waals surface area contributed by atoms with Crippen LogP contribution in [0, 0.1) is 5.92 Å². The van der Waals surface area contributed by atoms with E-state index in [9.17, 15) is 4.79 Å². The van der Waals surface area contributed by atoms with Gasteiger partial charge in [0.15, 0.2) is 5.96 Å². The smallest absolute Gasteiger partial charge is 0.251 e. The van der Waals surface area contributed by atoms with E-state index in [-0.39, 0.29) is 5.91 Å². The van der Waals surface area contributed by atoms with E-state index in [4.69, 9.17) is 4.42 Å². The van der Waals surface area contributed by atoms with Crippen molar-refractivity contribution in [2.45, 2.75) is 39.8 Å². The minimum absolute atomic E-state index is 0.121. The molecule has 0 atom stereocenters. The third-order valence-corrected chi connectivity index (χ3v) is 4.59. The zero-order valence-electron chi connectivity index (χ0n) is 16.4. The van der Waals surface area contributed by atoms with Gasteiger partial charge < -0.3 is 20.4 Å². The van der Waals surface area contributed by atoms with Gasteiger partial charge in [0.1, 0.15) is 5.76 Å².